The van der Waals surface area contributed by atoms with Gasteiger partial charge in [-0.05, 0) is 53.5 Å². The van der Waals surface area contributed by atoms with Crippen LogP contribution in [0.5, 0.6) is 0 Å². The molecule has 2 amide bonds. The van der Waals surface area contributed by atoms with Crippen molar-refractivity contribution in [3.8, 4) is 0 Å². The van der Waals surface area contributed by atoms with Crippen LogP contribution in [0.1, 0.15) is 30.0 Å². The van der Waals surface area contributed by atoms with E-state index in [1.165, 1.54) is 0 Å². The van der Waals surface area contributed by atoms with Crippen LogP contribution in [0.15, 0.2) is 57.2 Å². The summed E-state index contributed by atoms with van der Waals surface area (Å²) in [7, 11) is 0. The molecule has 0 atom stereocenters. The average molecular weight is 391 g/mol. The van der Waals surface area contributed by atoms with Crippen molar-refractivity contribution in [3.63, 3.8) is 0 Å². The molecule has 0 aliphatic carbocycles. The number of benzene rings is 1. The highest BCUT2D eigenvalue weighted by Gasteiger charge is 2.20. The summed E-state index contributed by atoms with van der Waals surface area (Å²) in [4.78, 5) is 26.7. The zero-order chi connectivity index (χ0) is 17.5. The first-order valence-electron chi connectivity index (χ1n) is 7.67. The van der Waals surface area contributed by atoms with Crippen LogP contribution >= 0.6 is 15.9 Å². The van der Waals surface area contributed by atoms with Gasteiger partial charge >= 0.3 is 0 Å². The van der Waals surface area contributed by atoms with Crippen molar-refractivity contribution in [2.45, 2.75) is 13.8 Å². The number of rotatable bonds is 6. The van der Waals surface area contributed by atoms with E-state index in [9.17, 15) is 9.59 Å². The number of carbonyl (C=O) groups is 2. The molecule has 5 nitrogen and oxygen atoms in total. The molecule has 24 heavy (non-hydrogen) atoms. The molecule has 0 spiro atoms. The van der Waals surface area contributed by atoms with Crippen molar-refractivity contribution >= 4 is 33.8 Å². The fraction of sp³-hybridized carbons (Fsp3) is 0.222. The molecular weight excluding hydrogens is 372 g/mol. The van der Waals surface area contributed by atoms with Gasteiger partial charge in [0.15, 0.2) is 10.4 Å². The summed E-state index contributed by atoms with van der Waals surface area (Å²) in [5.41, 5.74) is 1.04. The minimum absolute atomic E-state index is 0.133. The second kappa shape index (κ2) is 8.49. The summed E-state index contributed by atoms with van der Waals surface area (Å²) in [5.74, 6) is -0.570. The summed E-state index contributed by atoms with van der Waals surface area (Å²) < 4.78 is 5.70. The monoisotopic (exact) mass is 390 g/mol. The maximum absolute atomic E-state index is 12.7. The van der Waals surface area contributed by atoms with Crippen molar-refractivity contribution in [3.05, 3.63) is 64.2 Å². The van der Waals surface area contributed by atoms with E-state index in [1.54, 1.807) is 23.1 Å². The van der Waals surface area contributed by atoms with Gasteiger partial charge in [-0.1, -0.05) is 30.3 Å². The van der Waals surface area contributed by atoms with Crippen LogP contribution in [0.25, 0.3) is 6.08 Å². The predicted octanol–water partition coefficient (Wildman–Crippen LogP) is 3.68. The number of nitrogens with zero attached hydrogens (tertiary/aromatic N) is 1. The third-order valence-corrected chi connectivity index (χ3v) is 3.86. The van der Waals surface area contributed by atoms with E-state index in [0.717, 1.165) is 5.56 Å². The number of carbonyl (C=O) groups excluding carboxylic acids is 2. The molecule has 126 valence electrons. The van der Waals surface area contributed by atoms with Crippen molar-refractivity contribution in [1.29, 1.82) is 0 Å². The molecule has 0 saturated heterocycles. The minimum Gasteiger partial charge on any atom is -0.444 e. The van der Waals surface area contributed by atoms with Crippen LogP contribution in [0.2, 0.25) is 0 Å². The molecule has 1 aromatic heterocycles. The van der Waals surface area contributed by atoms with E-state index in [2.05, 4.69) is 21.2 Å². The van der Waals surface area contributed by atoms with Crippen molar-refractivity contribution in [1.82, 2.24) is 10.2 Å². The van der Waals surface area contributed by atoms with Gasteiger partial charge in [-0.15, -0.1) is 0 Å². The molecule has 0 saturated carbocycles. The largest absolute Gasteiger partial charge is 0.444 e. The first-order valence-corrected chi connectivity index (χ1v) is 8.47. The Kier molecular flexibility index (Phi) is 6.37. The molecule has 0 aliphatic rings. The molecule has 2 rings (SSSR count). The predicted molar refractivity (Wildman–Crippen MR) is 96.2 cm³/mol. The minimum atomic E-state index is -0.469. The Morgan fingerprint density at radius 2 is 1.79 bits per heavy atom. The second-order valence-electron chi connectivity index (χ2n) is 5.00. The van der Waals surface area contributed by atoms with Gasteiger partial charge in [0.05, 0.1) is 0 Å². The molecule has 0 unspecified atom stereocenters. The van der Waals surface area contributed by atoms with E-state index in [1.807, 2.05) is 44.2 Å². The maximum Gasteiger partial charge on any atom is 0.291 e. The highest BCUT2D eigenvalue weighted by atomic mass is 79.9. The standard InChI is InChI=1S/C18H19BrN2O3/c1-3-21(4-2)18(23)14(12-13-8-6-5-7-9-13)20-17(22)15-10-11-16(19)24-15/h5-12H,3-4H2,1-2H3,(H,20,22)/b14-12-. The molecule has 0 aliphatic heterocycles. The van der Waals surface area contributed by atoms with Crippen molar-refractivity contribution in [2.75, 3.05) is 13.1 Å². The lowest BCUT2D eigenvalue weighted by molar-refractivity contribution is -0.127. The van der Waals surface area contributed by atoms with Gasteiger partial charge < -0.3 is 14.6 Å². The van der Waals surface area contributed by atoms with Crippen molar-refractivity contribution in [2.24, 2.45) is 0 Å². The zero-order valence-corrected chi connectivity index (χ0v) is 15.2. The Balaban J connectivity index is 2.30. The third kappa shape index (κ3) is 4.58. The SMILES string of the molecule is CCN(CC)C(=O)/C(=C/c1ccccc1)NC(=O)c1ccc(Br)o1. The number of furan rings is 1. The summed E-state index contributed by atoms with van der Waals surface area (Å²) in [6.07, 6.45) is 1.66. The van der Waals surface area contributed by atoms with Crippen LogP contribution in [0.3, 0.4) is 0 Å². The smallest absolute Gasteiger partial charge is 0.291 e. The topological polar surface area (TPSA) is 62.6 Å². The summed E-state index contributed by atoms with van der Waals surface area (Å²) >= 11 is 3.16. The summed E-state index contributed by atoms with van der Waals surface area (Å²) in [5, 5.41) is 2.66. The van der Waals surface area contributed by atoms with E-state index in [4.69, 9.17) is 4.42 Å². The van der Waals surface area contributed by atoms with Gasteiger partial charge in [0.1, 0.15) is 5.70 Å². The Labute approximate surface area is 149 Å². The lowest BCUT2D eigenvalue weighted by atomic mass is 10.1. The molecule has 0 fully saturated rings. The molecule has 0 radical (unpaired) electrons. The average Bonchev–Trinajstić information content (AvgIpc) is 3.03. The lowest BCUT2D eigenvalue weighted by Gasteiger charge is -2.20. The van der Waals surface area contributed by atoms with Crippen LogP contribution in [0.4, 0.5) is 0 Å². The van der Waals surface area contributed by atoms with Crippen LogP contribution in [-0.4, -0.2) is 29.8 Å². The fourth-order valence-electron chi connectivity index (χ4n) is 2.17. The zero-order valence-electron chi connectivity index (χ0n) is 13.6. The van der Waals surface area contributed by atoms with Crippen LogP contribution in [-0.2, 0) is 4.79 Å². The summed E-state index contributed by atoms with van der Waals surface area (Å²) in [6, 6.07) is 12.5. The number of amides is 2. The highest BCUT2D eigenvalue weighted by Crippen LogP contribution is 2.15. The molecule has 1 aromatic carbocycles. The fourth-order valence-corrected chi connectivity index (χ4v) is 2.48. The molecular formula is C18H19BrN2O3. The number of nitrogens with one attached hydrogen (secondary N) is 1. The Morgan fingerprint density at radius 1 is 1.12 bits per heavy atom. The van der Waals surface area contributed by atoms with Gasteiger partial charge in [0.2, 0.25) is 0 Å². The number of hydrogen-bond donors (Lipinski definition) is 1. The van der Waals surface area contributed by atoms with Gasteiger partial charge in [-0.25, -0.2) is 0 Å². The number of halogens is 1. The number of likely N-dealkylation sites (N-methyl/N-ethyl adjacent to an activating group) is 1. The van der Waals surface area contributed by atoms with Crippen LogP contribution < -0.4 is 5.32 Å². The first kappa shape index (κ1) is 18.0. The Morgan fingerprint density at radius 3 is 2.33 bits per heavy atom. The van der Waals surface area contributed by atoms with Crippen LogP contribution in [0, 0.1) is 0 Å². The number of hydrogen-bond acceptors (Lipinski definition) is 3. The molecule has 2 aromatic rings. The van der Waals surface area contributed by atoms with E-state index < -0.39 is 5.91 Å². The van der Waals surface area contributed by atoms with Gasteiger partial charge in [0.25, 0.3) is 11.8 Å². The molecule has 1 heterocycles. The summed E-state index contributed by atoms with van der Waals surface area (Å²) in [6.45, 7) is 4.91. The van der Waals surface area contributed by atoms with E-state index in [-0.39, 0.29) is 17.4 Å². The first-order chi connectivity index (χ1) is 11.5. The van der Waals surface area contributed by atoms with E-state index >= 15 is 0 Å². The molecule has 6 heteroatoms. The molecule has 0 bridgehead atoms. The normalized spacial score (nSPS) is 11.2. The third-order valence-electron chi connectivity index (χ3n) is 3.44. The van der Waals surface area contributed by atoms with Gasteiger partial charge in [0, 0.05) is 13.1 Å². The van der Waals surface area contributed by atoms with E-state index in [0.29, 0.717) is 17.8 Å². The lowest BCUT2D eigenvalue weighted by Crippen LogP contribution is -2.38. The van der Waals surface area contributed by atoms with Gasteiger partial charge in [-0.2, -0.15) is 0 Å². The Bertz CT molecular complexity index is 734. The quantitative estimate of drug-likeness (QED) is 0.765. The second-order valence-corrected chi connectivity index (χ2v) is 5.79. The Hall–Kier alpha value is -2.34. The highest BCUT2D eigenvalue weighted by molar-refractivity contribution is 9.10. The maximum atomic E-state index is 12.7. The molecule has 1 N–H and O–H groups in total. The van der Waals surface area contributed by atoms with Crippen molar-refractivity contribution < 1.29 is 14.0 Å². The van der Waals surface area contributed by atoms with Gasteiger partial charge in [-0.3, -0.25) is 9.59 Å².